The van der Waals surface area contributed by atoms with Gasteiger partial charge in [0, 0.05) is 5.92 Å². The predicted octanol–water partition coefficient (Wildman–Crippen LogP) is 4.96. The fraction of sp³-hybridized carbons (Fsp3) is 0.750. The summed E-state index contributed by atoms with van der Waals surface area (Å²) in [6.45, 7) is 0.244. The summed E-state index contributed by atoms with van der Waals surface area (Å²) < 4.78 is 157. The molecule has 0 bridgehead atoms. The lowest BCUT2D eigenvalue weighted by molar-refractivity contribution is -0.308. The van der Waals surface area contributed by atoms with Crippen molar-refractivity contribution in [2.45, 2.75) is 31.6 Å². The molecule has 0 aliphatic heterocycles. The van der Waals surface area contributed by atoms with E-state index in [1.807, 2.05) is 0 Å². The molecule has 0 heterocycles. The van der Waals surface area contributed by atoms with E-state index in [4.69, 9.17) is 0 Å². The van der Waals surface area contributed by atoms with Crippen LogP contribution in [0.15, 0.2) is 11.6 Å². The number of alkyl halides is 12. The van der Waals surface area contributed by atoms with Gasteiger partial charge in [0.1, 0.15) is 5.57 Å². The Morgan fingerprint density at radius 1 is 0.885 bits per heavy atom. The van der Waals surface area contributed by atoms with Crippen molar-refractivity contribution in [1.82, 2.24) is 0 Å². The van der Waals surface area contributed by atoms with Gasteiger partial charge in [-0.15, -0.1) is 0 Å². The highest BCUT2D eigenvalue weighted by Gasteiger charge is 2.91. The summed E-state index contributed by atoms with van der Waals surface area (Å²) in [6, 6.07) is 0. The van der Waals surface area contributed by atoms with Gasteiger partial charge in [-0.2, -0.15) is 52.7 Å². The van der Waals surface area contributed by atoms with E-state index >= 15 is 0 Å². The molecule has 0 aromatic rings. The number of rotatable bonds is 3. The summed E-state index contributed by atoms with van der Waals surface area (Å²) >= 11 is 0. The predicted molar refractivity (Wildman–Crippen MR) is 58.3 cm³/mol. The first-order valence-electron chi connectivity index (χ1n) is 6.49. The quantitative estimate of drug-likeness (QED) is 0.372. The molecule has 0 radical (unpaired) electrons. The van der Waals surface area contributed by atoms with Gasteiger partial charge in [-0.25, -0.2) is 0 Å². The first kappa shape index (κ1) is 22.4. The molecule has 0 amide bonds. The minimum atomic E-state index is -6.36. The van der Waals surface area contributed by atoms with Gasteiger partial charge < -0.3 is 4.74 Å². The Balaban J connectivity index is 3.64. The van der Waals surface area contributed by atoms with Crippen LogP contribution in [0, 0.1) is 17.3 Å². The average Bonchev–Trinajstić information content (AvgIpc) is 3.02. The van der Waals surface area contributed by atoms with Crippen molar-refractivity contribution < 1.29 is 62.2 Å². The van der Waals surface area contributed by atoms with Gasteiger partial charge in [0.25, 0.3) is 0 Å². The van der Waals surface area contributed by atoms with Crippen LogP contribution in [0.5, 0.6) is 0 Å². The number of carbonyl (C=O) groups is 1. The number of halogens is 12. The fourth-order valence-corrected chi connectivity index (χ4v) is 2.63. The molecule has 0 aromatic heterocycles. The van der Waals surface area contributed by atoms with Crippen molar-refractivity contribution in [3.8, 4) is 0 Å². The lowest BCUT2D eigenvalue weighted by Gasteiger charge is -2.24. The Labute approximate surface area is 136 Å². The topological polar surface area (TPSA) is 26.3 Å². The third kappa shape index (κ3) is 3.59. The Bertz CT molecular complexity index is 547. The van der Waals surface area contributed by atoms with Gasteiger partial charge in [-0.1, -0.05) is 6.08 Å². The van der Waals surface area contributed by atoms with Crippen LogP contribution in [0.1, 0.15) is 6.92 Å². The molecule has 2 atom stereocenters. The molecular formula is C12H8F12O2. The molecule has 0 saturated heterocycles. The standard InChI is InChI=1S/C12H8F12O2/c1-2-26-7(25)6-4(3-5(9(13,14)15)10(16,17)18)8(6,11(19,20)21)12(22,23)24/h3-4,6H,2H2,1H3/t4-,6-/m0/s1. The van der Waals surface area contributed by atoms with Gasteiger partial charge in [0.05, 0.1) is 12.5 Å². The van der Waals surface area contributed by atoms with Crippen molar-refractivity contribution in [1.29, 1.82) is 0 Å². The normalized spacial score (nSPS) is 23.4. The maximum absolute atomic E-state index is 13.0. The summed E-state index contributed by atoms with van der Waals surface area (Å²) in [4.78, 5) is 11.4. The zero-order valence-electron chi connectivity index (χ0n) is 12.3. The van der Waals surface area contributed by atoms with Crippen LogP contribution in [-0.2, 0) is 9.53 Å². The smallest absolute Gasteiger partial charge is 0.421 e. The molecule has 1 aliphatic carbocycles. The van der Waals surface area contributed by atoms with E-state index in [0.29, 0.717) is 0 Å². The highest BCUT2D eigenvalue weighted by atomic mass is 19.4. The summed E-state index contributed by atoms with van der Waals surface area (Å²) in [5.74, 6) is -8.99. The Morgan fingerprint density at radius 3 is 1.54 bits per heavy atom. The van der Waals surface area contributed by atoms with Crippen molar-refractivity contribution in [2.75, 3.05) is 6.61 Å². The molecule has 26 heavy (non-hydrogen) atoms. The summed E-state index contributed by atoms with van der Waals surface area (Å²) in [6.07, 6.45) is -26.5. The Morgan fingerprint density at radius 2 is 1.27 bits per heavy atom. The van der Waals surface area contributed by atoms with Gasteiger partial charge in [0.2, 0.25) is 0 Å². The van der Waals surface area contributed by atoms with E-state index in [1.165, 1.54) is 0 Å². The van der Waals surface area contributed by atoms with Crippen molar-refractivity contribution >= 4 is 5.97 Å². The molecule has 0 aromatic carbocycles. The molecule has 0 N–H and O–H groups in total. The monoisotopic (exact) mass is 412 g/mol. The maximum Gasteiger partial charge on any atom is 0.421 e. The third-order valence-electron chi connectivity index (χ3n) is 3.70. The van der Waals surface area contributed by atoms with Crippen molar-refractivity contribution in [3.05, 3.63) is 11.6 Å². The number of hydrogen-bond acceptors (Lipinski definition) is 2. The number of ether oxygens (including phenoxy) is 1. The van der Waals surface area contributed by atoms with E-state index in [-0.39, 0.29) is 0 Å². The van der Waals surface area contributed by atoms with E-state index < -0.39 is 66.2 Å². The minimum Gasteiger partial charge on any atom is -0.466 e. The van der Waals surface area contributed by atoms with Gasteiger partial charge >= 0.3 is 30.7 Å². The van der Waals surface area contributed by atoms with Crippen LogP contribution in [0.2, 0.25) is 0 Å². The van der Waals surface area contributed by atoms with E-state index in [0.717, 1.165) is 6.92 Å². The lowest BCUT2D eigenvalue weighted by atomic mass is 9.99. The molecule has 0 spiro atoms. The molecule has 152 valence electrons. The van der Waals surface area contributed by atoms with E-state index in [2.05, 4.69) is 4.74 Å². The number of carbonyl (C=O) groups excluding carboxylic acids is 1. The molecule has 1 aliphatic rings. The average molecular weight is 412 g/mol. The van der Waals surface area contributed by atoms with Crippen LogP contribution >= 0.6 is 0 Å². The zero-order chi connectivity index (χ0) is 20.9. The van der Waals surface area contributed by atoms with Crippen LogP contribution in [0.3, 0.4) is 0 Å². The van der Waals surface area contributed by atoms with E-state index in [9.17, 15) is 57.5 Å². The number of allylic oxidation sites excluding steroid dienone is 2. The minimum absolute atomic E-state index is 0.733. The van der Waals surface area contributed by atoms with Crippen LogP contribution in [0.25, 0.3) is 0 Å². The molecule has 1 saturated carbocycles. The summed E-state index contributed by atoms with van der Waals surface area (Å²) in [5.41, 5.74) is -8.67. The van der Waals surface area contributed by atoms with Crippen LogP contribution in [0.4, 0.5) is 52.7 Å². The van der Waals surface area contributed by atoms with Gasteiger partial charge in [-0.3, -0.25) is 4.79 Å². The largest absolute Gasteiger partial charge is 0.466 e. The van der Waals surface area contributed by atoms with Crippen LogP contribution in [-0.4, -0.2) is 37.3 Å². The Hall–Kier alpha value is -1.63. The molecule has 1 fully saturated rings. The van der Waals surface area contributed by atoms with Gasteiger partial charge in [0.15, 0.2) is 5.41 Å². The van der Waals surface area contributed by atoms with Crippen molar-refractivity contribution in [2.24, 2.45) is 17.3 Å². The second-order valence-corrected chi connectivity index (χ2v) is 5.20. The fourth-order valence-electron chi connectivity index (χ4n) is 2.63. The van der Waals surface area contributed by atoms with Crippen LogP contribution < -0.4 is 0 Å². The summed E-state index contributed by atoms with van der Waals surface area (Å²) in [7, 11) is 0. The first-order chi connectivity index (χ1) is 11.3. The molecule has 1 rings (SSSR count). The highest BCUT2D eigenvalue weighted by molar-refractivity contribution is 5.79. The molecular weight excluding hydrogens is 404 g/mol. The second-order valence-electron chi connectivity index (χ2n) is 5.20. The lowest BCUT2D eigenvalue weighted by Crippen LogP contribution is -2.43. The van der Waals surface area contributed by atoms with Crippen molar-refractivity contribution in [3.63, 3.8) is 0 Å². The first-order valence-corrected chi connectivity index (χ1v) is 6.49. The second kappa shape index (κ2) is 6.22. The molecule has 14 heteroatoms. The maximum atomic E-state index is 13.0. The SMILES string of the molecule is CCOC(=O)[C@@H]1[C@H](C=C(C(F)(F)F)C(F)(F)F)C1(C(F)(F)F)C(F)(F)F. The highest BCUT2D eigenvalue weighted by Crippen LogP contribution is 2.75. The third-order valence-corrected chi connectivity index (χ3v) is 3.70. The summed E-state index contributed by atoms with van der Waals surface area (Å²) in [5, 5.41) is 0. The molecule has 0 unspecified atom stereocenters. The number of hydrogen-bond donors (Lipinski definition) is 0. The Kier molecular flexibility index (Phi) is 5.36. The zero-order valence-corrected chi connectivity index (χ0v) is 12.3. The molecule has 2 nitrogen and oxygen atoms in total. The van der Waals surface area contributed by atoms with Gasteiger partial charge in [-0.05, 0) is 6.92 Å². The number of esters is 1. The van der Waals surface area contributed by atoms with E-state index in [1.54, 1.807) is 0 Å².